The fraction of sp³-hybridized carbons (Fsp3) is 0.500. The molecule has 1 aliphatic rings. The summed E-state index contributed by atoms with van der Waals surface area (Å²) in [6.45, 7) is 9.84. The summed E-state index contributed by atoms with van der Waals surface area (Å²) in [4.78, 5) is 6.77. The summed E-state index contributed by atoms with van der Waals surface area (Å²) < 4.78 is 0. The molecule has 0 atom stereocenters. The maximum absolute atomic E-state index is 4.50. The Labute approximate surface area is 98.0 Å². The van der Waals surface area contributed by atoms with Gasteiger partial charge in [-0.25, -0.2) is 4.99 Å². The van der Waals surface area contributed by atoms with Crippen LogP contribution in [0, 0.1) is 0 Å². The molecular weight excluding hydrogens is 196 g/mol. The predicted octanol–water partition coefficient (Wildman–Crippen LogP) is 3.69. The maximum atomic E-state index is 4.50. The van der Waals surface area contributed by atoms with Gasteiger partial charge >= 0.3 is 0 Å². The number of fused-ring (bicyclic) bond motifs is 1. The third-order valence-corrected chi connectivity index (χ3v) is 3.13. The molecule has 86 valence electrons. The average Bonchev–Trinajstić information content (AvgIpc) is 2.27. The smallest absolute Gasteiger partial charge is 0.0917 e. The van der Waals surface area contributed by atoms with Gasteiger partial charge in [0.15, 0.2) is 0 Å². The van der Waals surface area contributed by atoms with E-state index in [0.717, 1.165) is 12.2 Å². The van der Waals surface area contributed by atoms with Crippen LogP contribution < -0.4 is 0 Å². The Kier molecular flexibility index (Phi) is 2.99. The third kappa shape index (κ3) is 2.11. The van der Waals surface area contributed by atoms with Crippen LogP contribution in [0.3, 0.4) is 0 Å². The Morgan fingerprint density at radius 1 is 1.19 bits per heavy atom. The number of hydrogen-bond donors (Lipinski definition) is 0. The van der Waals surface area contributed by atoms with Gasteiger partial charge in [-0.2, -0.15) is 0 Å². The lowest BCUT2D eigenvalue weighted by molar-refractivity contribution is 0.349. The van der Waals surface area contributed by atoms with Gasteiger partial charge in [0.05, 0.1) is 12.0 Å². The summed E-state index contributed by atoms with van der Waals surface area (Å²) in [6, 6.07) is 7.14. The quantitative estimate of drug-likeness (QED) is 0.736. The highest BCUT2D eigenvalue weighted by molar-refractivity contribution is 5.67. The molecule has 0 radical (unpaired) electrons. The first-order valence-corrected chi connectivity index (χ1v) is 6.00. The van der Waals surface area contributed by atoms with Gasteiger partial charge in [0, 0.05) is 12.6 Å². The third-order valence-electron chi connectivity index (χ3n) is 3.13. The van der Waals surface area contributed by atoms with Gasteiger partial charge in [0.1, 0.15) is 0 Å². The van der Waals surface area contributed by atoms with Crippen molar-refractivity contribution in [1.29, 1.82) is 0 Å². The molecule has 0 bridgehead atoms. The lowest BCUT2D eigenvalue weighted by Gasteiger charge is -2.28. The second-order valence-corrected chi connectivity index (χ2v) is 5.05. The van der Waals surface area contributed by atoms with Crippen molar-refractivity contribution in [2.75, 3.05) is 0 Å². The molecule has 1 aromatic rings. The van der Waals surface area contributed by atoms with Crippen molar-refractivity contribution < 1.29 is 0 Å². The molecule has 0 aliphatic carbocycles. The lowest BCUT2D eigenvalue weighted by atomic mass is 9.99. The Hall–Kier alpha value is -1.31. The van der Waals surface area contributed by atoms with Gasteiger partial charge in [-0.05, 0) is 37.0 Å². The van der Waals surface area contributed by atoms with E-state index in [-0.39, 0.29) is 0 Å². The molecule has 0 aromatic heterocycles. The fourth-order valence-corrected chi connectivity index (χ4v) is 1.91. The van der Waals surface area contributed by atoms with Crippen LogP contribution in [0.1, 0.15) is 44.7 Å². The highest BCUT2D eigenvalue weighted by Gasteiger charge is 2.14. The average molecular weight is 216 g/mol. The van der Waals surface area contributed by atoms with Crippen LogP contribution in [-0.2, 0) is 6.54 Å². The predicted molar refractivity (Wildman–Crippen MR) is 69.4 cm³/mol. The summed E-state index contributed by atoms with van der Waals surface area (Å²) in [7, 11) is 0. The van der Waals surface area contributed by atoms with Crippen LogP contribution in [0.25, 0.3) is 0 Å². The van der Waals surface area contributed by atoms with Gasteiger partial charge in [-0.15, -0.1) is 0 Å². The van der Waals surface area contributed by atoms with Crippen LogP contribution in [0.5, 0.6) is 0 Å². The molecule has 0 saturated heterocycles. The van der Waals surface area contributed by atoms with E-state index in [4.69, 9.17) is 0 Å². The fourth-order valence-electron chi connectivity index (χ4n) is 1.91. The number of aliphatic imine (C=N–C) groups is 1. The van der Waals surface area contributed by atoms with Crippen molar-refractivity contribution >= 4 is 12.0 Å². The number of rotatable bonds is 2. The van der Waals surface area contributed by atoms with Crippen LogP contribution in [0.4, 0.5) is 5.69 Å². The van der Waals surface area contributed by atoms with Crippen LogP contribution in [0.2, 0.25) is 0 Å². The van der Waals surface area contributed by atoms with E-state index in [1.54, 1.807) is 0 Å². The van der Waals surface area contributed by atoms with E-state index < -0.39 is 0 Å². The van der Waals surface area contributed by atoms with E-state index >= 15 is 0 Å². The molecule has 0 N–H and O–H groups in total. The molecule has 2 nitrogen and oxygen atoms in total. The molecule has 16 heavy (non-hydrogen) atoms. The summed E-state index contributed by atoms with van der Waals surface area (Å²) in [6.07, 6.45) is 1.96. The van der Waals surface area contributed by atoms with E-state index in [1.807, 2.05) is 6.34 Å². The minimum absolute atomic E-state index is 0.514. The van der Waals surface area contributed by atoms with E-state index in [0.29, 0.717) is 12.0 Å². The summed E-state index contributed by atoms with van der Waals surface area (Å²) in [5.74, 6) is 0.587. The Morgan fingerprint density at radius 2 is 1.94 bits per heavy atom. The molecule has 1 heterocycles. The Balaban J connectivity index is 2.31. The monoisotopic (exact) mass is 216 g/mol. The molecule has 0 amide bonds. The molecule has 2 rings (SSSR count). The van der Waals surface area contributed by atoms with E-state index in [2.05, 4.69) is 55.8 Å². The van der Waals surface area contributed by atoms with Crippen molar-refractivity contribution in [2.45, 2.75) is 46.2 Å². The first-order valence-electron chi connectivity index (χ1n) is 6.00. The van der Waals surface area contributed by atoms with E-state index in [9.17, 15) is 0 Å². The molecule has 1 aromatic carbocycles. The number of hydrogen-bond acceptors (Lipinski definition) is 2. The minimum Gasteiger partial charge on any atom is -0.356 e. The first kappa shape index (κ1) is 11.2. The zero-order valence-corrected chi connectivity index (χ0v) is 10.6. The summed E-state index contributed by atoms with van der Waals surface area (Å²) in [5, 5.41) is 0. The van der Waals surface area contributed by atoms with Crippen molar-refractivity contribution in [3.8, 4) is 0 Å². The minimum atomic E-state index is 0.514. The summed E-state index contributed by atoms with van der Waals surface area (Å²) in [5.41, 5.74) is 3.88. The largest absolute Gasteiger partial charge is 0.356 e. The lowest BCUT2D eigenvalue weighted by Crippen LogP contribution is -2.30. The van der Waals surface area contributed by atoms with Crippen molar-refractivity contribution in [1.82, 2.24) is 4.90 Å². The Bertz CT molecular complexity index is 405. The number of nitrogens with zero attached hydrogens (tertiary/aromatic N) is 2. The van der Waals surface area contributed by atoms with E-state index in [1.165, 1.54) is 11.1 Å². The highest BCUT2D eigenvalue weighted by Crippen LogP contribution is 2.28. The van der Waals surface area contributed by atoms with Gasteiger partial charge < -0.3 is 4.90 Å². The van der Waals surface area contributed by atoms with Crippen LogP contribution in [0.15, 0.2) is 23.2 Å². The van der Waals surface area contributed by atoms with Crippen molar-refractivity contribution in [2.24, 2.45) is 4.99 Å². The van der Waals surface area contributed by atoms with Gasteiger partial charge in [-0.1, -0.05) is 26.0 Å². The first-order chi connectivity index (χ1) is 7.58. The van der Waals surface area contributed by atoms with Crippen molar-refractivity contribution in [3.63, 3.8) is 0 Å². The molecule has 2 heteroatoms. The molecule has 0 spiro atoms. The normalized spacial score (nSPS) is 14.8. The van der Waals surface area contributed by atoms with Crippen LogP contribution >= 0.6 is 0 Å². The van der Waals surface area contributed by atoms with Crippen molar-refractivity contribution in [3.05, 3.63) is 29.3 Å². The Morgan fingerprint density at radius 3 is 2.56 bits per heavy atom. The van der Waals surface area contributed by atoms with Gasteiger partial charge in [-0.3, -0.25) is 0 Å². The van der Waals surface area contributed by atoms with Crippen LogP contribution in [-0.4, -0.2) is 17.3 Å². The molecule has 0 fully saturated rings. The SMILES string of the molecule is CC(C)c1ccc2c(c1)CN(C(C)C)C=N2. The standard InChI is InChI=1S/C14H20N2/c1-10(2)12-5-6-14-13(7-12)8-16(9-15-14)11(3)4/h5-7,9-11H,8H2,1-4H3. The zero-order chi connectivity index (χ0) is 11.7. The second kappa shape index (κ2) is 4.28. The highest BCUT2D eigenvalue weighted by atomic mass is 15.2. The molecule has 1 aliphatic heterocycles. The number of benzene rings is 1. The maximum Gasteiger partial charge on any atom is 0.0917 e. The zero-order valence-electron chi connectivity index (χ0n) is 10.6. The van der Waals surface area contributed by atoms with Gasteiger partial charge in [0.25, 0.3) is 0 Å². The molecule has 0 unspecified atom stereocenters. The second-order valence-electron chi connectivity index (χ2n) is 5.05. The van der Waals surface area contributed by atoms with Gasteiger partial charge in [0.2, 0.25) is 0 Å². The summed E-state index contributed by atoms with van der Waals surface area (Å²) >= 11 is 0. The molecule has 0 saturated carbocycles. The topological polar surface area (TPSA) is 15.6 Å². The molecular formula is C14H20N2.